The fourth-order valence-corrected chi connectivity index (χ4v) is 4.74. The second-order valence-corrected chi connectivity index (χ2v) is 11.9. The highest BCUT2D eigenvalue weighted by Crippen LogP contribution is 2.32. The number of hydrogen-bond donors (Lipinski definition) is 3. The van der Waals surface area contributed by atoms with Gasteiger partial charge in [0.25, 0.3) is 0 Å². The molecule has 1 aliphatic rings. The Bertz CT molecular complexity index is 1170. The SMILES string of the molecule is CC1(C)OCc2cc([C@@H](O)CNCCCCCCOCCCCc3cccc(C=CS(N)(=O)=O)c3)ccc2O1. The number of aliphatic hydroxyl groups excluding tert-OH is 1. The first-order chi connectivity index (χ1) is 18.6. The highest BCUT2D eigenvalue weighted by Gasteiger charge is 2.27. The third kappa shape index (κ3) is 12.2. The molecule has 1 atom stereocenters. The van der Waals surface area contributed by atoms with E-state index in [2.05, 4.69) is 5.32 Å². The standard InChI is InChI=1S/C30H44N2O6S/c1-30(2)37-23-27-21-26(13-14-29(27)38-30)28(33)22-32-16-6-3-4-7-17-36-18-8-5-10-24-11-9-12-25(20-24)15-19-39(31,34)35/h9,11-15,19-21,28,32-33H,3-8,10,16-18,22-23H2,1-2H3,(H2,31,34,35)/t28-/m0/s1. The lowest BCUT2D eigenvalue weighted by molar-refractivity contribution is -0.180. The first-order valence-electron chi connectivity index (χ1n) is 13.8. The Balaban J connectivity index is 1.16. The molecule has 216 valence electrons. The number of hydrogen-bond acceptors (Lipinski definition) is 7. The Morgan fingerprint density at radius 1 is 1.08 bits per heavy atom. The van der Waals surface area contributed by atoms with Crippen LogP contribution in [0.5, 0.6) is 5.75 Å². The van der Waals surface area contributed by atoms with E-state index in [-0.39, 0.29) is 0 Å². The number of rotatable bonds is 17. The van der Waals surface area contributed by atoms with Crippen molar-refractivity contribution >= 4 is 16.1 Å². The van der Waals surface area contributed by atoms with Crippen molar-refractivity contribution in [3.63, 3.8) is 0 Å². The minimum absolute atomic E-state index is 0.486. The Labute approximate surface area is 233 Å². The van der Waals surface area contributed by atoms with Crippen molar-refractivity contribution in [3.05, 3.63) is 70.1 Å². The molecule has 2 aromatic carbocycles. The molecule has 0 fully saturated rings. The normalized spacial score (nSPS) is 15.7. The first-order valence-corrected chi connectivity index (χ1v) is 15.4. The zero-order chi connectivity index (χ0) is 28.1. The van der Waals surface area contributed by atoms with Crippen LogP contribution in [0.4, 0.5) is 0 Å². The zero-order valence-electron chi connectivity index (χ0n) is 23.2. The first kappa shape index (κ1) is 31.3. The topological polar surface area (TPSA) is 120 Å². The van der Waals surface area contributed by atoms with Crippen molar-refractivity contribution in [1.82, 2.24) is 5.32 Å². The van der Waals surface area contributed by atoms with E-state index in [4.69, 9.17) is 19.3 Å². The molecule has 0 saturated carbocycles. The van der Waals surface area contributed by atoms with Crippen LogP contribution in [0.1, 0.15) is 80.7 Å². The maximum absolute atomic E-state index is 11.1. The van der Waals surface area contributed by atoms with E-state index in [0.717, 1.165) is 92.6 Å². The van der Waals surface area contributed by atoms with Crippen LogP contribution in [0.3, 0.4) is 0 Å². The van der Waals surface area contributed by atoms with Crippen molar-refractivity contribution in [2.24, 2.45) is 5.14 Å². The van der Waals surface area contributed by atoms with E-state index >= 15 is 0 Å². The van der Waals surface area contributed by atoms with E-state index in [1.807, 2.05) is 56.3 Å². The molecular formula is C30H44N2O6S. The molecule has 3 rings (SSSR count). The Morgan fingerprint density at radius 3 is 2.64 bits per heavy atom. The molecule has 0 spiro atoms. The van der Waals surface area contributed by atoms with Crippen LogP contribution >= 0.6 is 0 Å². The van der Waals surface area contributed by atoms with Crippen molar-refractivity contribution < 1.29 is 27.7 Å². The fourth-order valence-electron chi connectivity index (χ4n) is 4.39. The van der Waals surface area contributed by atoms with Crippen LogP contribution in [-0.2, 0) is 32.5 Å². The van der Waals surface area contributed by atoms with Gasteiger partial charge < -0.3 is 24.6 Å². The fraction of sp³-hybridized carbons (Fsp3) is 0.533. The summed E-state index contributed by atoms with van der Waals surface area (Å²) < 4.78 is 39.4. The number of aliphatic hydroxyl groups is 1. The smallest absolute Gasteiger partial charge is 0.231 e. The maximum Gasteiger partial charge on any atom is 0.231 e. The van der Waals surface area contributed by atoms with Crippen molar-refractivity contribution in [2.75, 3.05) is 26.3 Å². The van der Waals surface area contributed by atoms with Crippen molar-refractivity contribution in [3.8, 4) is 5.75 Å². The van der Waals surface area contributed by atoms with Crippen LogP contribution in [0.25, 0.3) is 6.08 Å². The summed E-state index contributed by atoms with van der Waals surface area (Å²) in [6.07, 6.45) is 8.28. The minimum Gasteiger partial charge on any atom is -0.463 e. The van der Waals surface area contributed by atoms with Gasteiger partial charge in [-0.2, -0.15) is 0 Å². The largest absolute Gasteiger partial charge is 0.463 e. The molecule has 0 aliphatic carbocycles. The number of nitrogens with one attached hydrogen (secondary N) is 1. The lowest BCUT2D eigenvalue weighted by atomic mass is 10.0. The van der Waals surface area contributed by atoms with E-state index in [1.54, 1.807) is 0 Å². The molecule has 0 aromatic heterocycles. The van der Waals surface area contributed by atoms with Gasteiger partial charge in [-0.1, -0.05) is 43.2 Å². The molecule has 4 N–H and O–H groups in total. The molecule has 8 nitrogen and oxygen atoms in total. The monoisotopic (exact) mass is 560 g/mol. The molecule has 0 bridgehead atoms. The van der Waals surface area contributed by atoms with Gasteiger partial charge in [-0.3, -0.25) is 0 Å². The van der Waals surface area contributed by atoms with Crippen molar-refractivity contribution in [1.29, 1.82) is 0 Å². The van der Waals surface area contributed by atoms with Crippen LogP contribution in [-0.4, -0.2) is 45.6 Å². The molecule has 0 saturated heterocycles. The van der Waals surface area contributed by atoms with Gasteiger partial charge in [0.15, 0.2) is 0 Å². The predicted molar refractivity (Wildman–Crippen MR) is 155 cm³/mol. The van der Waals surface area contributed by atoms with Crippen LogP contribution in [0.2, 0.25) is 0 Å². The number of fused-ring (bicyclic) bond motifs is 1. The zero-order valence-corrected chi connectivity index (χ0v) is 24.0. The molecular weight excluding hydrogens is 516 g/mol. The summed E-state index contributed by atoms with van der Waals surface area (Å²) in [5.74, 6) is 0.204. The summed E-state index contributed by atoms with van der Waals surface area (Å²) in [5, 5.41) is 19.9. The molecule has 0 unspecified atom stereocenters. The average Bonchev–Trinajstić information content (AvgIpc) is 2.89. The highest BCUT2D eigenvalue weighted by atomic mass is 32.2. The molecule has 1 heterocycles. The number of ether oxygens (including phenoxy) is 3. The third-order valence-corrected chi connectivity index (χ3v) is 7.05. The maximum atomic E-state index is 11.1. The van der Waals surface area contributed by atoms with E-state index < -0.39 is 21.9 Å². The Morgan fingerprint density at radius 2 is 1.85 bits per heavy atom. The minimum atomic E-state index is -3.61. The summed E-state index contributed by atoms with van der Waals surface area (Å²) in [4.78, 5) is 0. The van der Waals surface area contributed by atoms with E-state index in [1.165, 1.54) is 11.6 Å². The van der Waals surface area contributed by atoms with Crippen LogP contribution in [0, 0.1) is 0 Å². The summed E-state index contributed by atoms with van der Waals surface area (Å²) in [6, 6.07) is 13.6. The van der Waals surface area contributed by atoms with Crippen LogP contribution < -0.4 is 15.2 Å². The van der Waals surface area contributed by atoms with Gasteiger partial charge in [-0.05, 0) is 73.5 Å². The molecule has 39 heavy (non-hydrogen) atoms. The second kappa shape index (κ2) is 15.5. The number of unbranched alkanes of at least 4 members (excludes halogenated alkanes) is 4. The third-order valence-electron chi connectivity index (χ3n) is 6.54. The number of benzene rings is 2. The summed E-state index contributed by atoms with van der Waals surface area (Å²) >= 11 is 0. The van der Waals surface area contributed by atoms with Gasteiger partial charge in [0.05, 0.1) is 12.7 Å². The quantitative estimate of drug-likeness (QED) is 0.237. The summed E-state index contributed by atoms with van der Waals surface area (Å²) in [5.41, 5.74) is 3.84. The molecule has 0 amide bonds. The second-order valence-electron chi connectivity index (χ2n) is 10.5. The van der Waals surface area contributed by atoms with Gasteiger partial charge in [0.1, 0.15) is 5.75 Å². The summed E-state index contributed by atoms with van der Waals surface area (Å²) in [6.45, 7) is 7.20. The number of nitrogens with two attached hydrogens (primary N) is 1. The van der Waals surface area contributed by atoms with Gasteiger partial charge in [0.2, 0.25) is 15.8 Å². The molecule has 1 aliphatic heterocycles. The summed E-state index contributed by atoms with van der Waals surface area (Å²) in [7, 11) is -3.61. The molecule has 2 aromatic rings. The highest BCUT2D eigenvalue weighted by molar-refractivity contribution is 7.92. The lowest BCUT2D eigenvalue weighted by Gasteiger charge is -2.33. The Kier molecular flexibility index (Phi) is 12.4. The molecule has 9 heteroatoms. The van der Waals surface area contributed by atoms with E-state index in [0.29, 0.717) is 13.2 Å². The van der Waals surface area contributed by atoms with Gasteiger partial charge >= 0.3 is 0 Å². The van der Waals surface area contributed by atoms with Crippen LogP contribution in [0.15, 0.2) is 47.9 Å². The van der Waals surface area contributed by atoms with E-state index in [9.17, 15) is 13.5 Å². The number of primary sulfonamides is 1. The molecule has 0 radical (unpaired) electrons. The Hall–Kier alpha value is -2.27. The van der Waals surface area contributed by atoms with Gasteiger partial charge in [-0.15, -0.1) is 0 Å². The van der Waals surface area contributed by atoms with Crippen molar-refractivity contribution in [2.45, 2.75) is 77.3 Å². The number of aryl methyl sites for hydroxylation is 1. The average molecular weight is 561 g/mol. The predicted octanol–water partition coefficient (Wildman–Crippen LogP) is 4.81. The van der Waals surface area contributed by atoms with Gasteiger partial charge in [-0.25, -0.2) is 13.6 Å². The van der Waals surface area contributed by atoms with Gasteiger partial charge in [0, 0.05) is 44.6 Å². The number of sulfonamides is 1. The lowest BCUT2D eigenvalue weighted by Crippen LogP contribution is -2.35.